The van der Waals surface area contributed by atoms with Gasteiger partial charge in [-0.05, 0) is 57.4 Å². The molecule has 1 unspecified atom stereocenters. The number of carbonyl (C=O) groups is 2. The van der Waals surface area contributed by atoms with Gasteiger partial charge in [-0.15, -0.1) is 0 Å². The number of aldehydes is 1. The van der Waals surface area contributed by atoms with E-state index in [1.165, 1.54) is 11.0 Å². The summed E-state index contributed by atoms with van der Waals surface area (Å²) in [4.78, 5) is 31.6. The van der Waals surface area contributed by atoms with E-state index < -0.39 is 17.6 Å². The largest absolute Gasteiger partial charge is 0.491 e. The van der Waals surface area contributed by atoms with Crippen LogP contribution in [0.25, 0.3) is 0 Å². The molecule has 0 radical (unpaired) electrons. The second kappa shape index (κ2) is 21.6. The van der Waals surface area contributed by atoms with E-state index in [2.05, 4.69) is 20.5 Å². The first kappa shape index (κ1) is 39.0. The number of hydrogen-bond donors (Lipinski definition) is 2. The smallest absolute Gasteiger partial charge is 0.273 e. The van der Waals surface area contributed by atoms with Crippen molar-refractivity contribution in [2.45, 2.75) is 44.8 Å². The molecular weight excluding hydrogens is 641 g/mol. The summed E-state index contributed by atoms with van der Waals surface area (Å²) >= 11 is 10.8. The molecule has 14 heteroatoms. The van der Waals surface area contributed by atoms with Crippen LogP contribution in [0.5, 0.6) is 0 Å². The van der Waals surface area contributed by atoms with Gasteiger partial charge < -0.3 is 34.7 Å². The summed E-state index contributed by atoms with van der Waals surface area (Å²) < 4.78 is 36.7. The number of nitrogens with zero attached hydrogens (tertiary/aromatic N) is 4. The minimum atomic E-state index is -2.02. The normalized spacial score (nSPS) is 25.4. The van der Waals surface area contributed by atoms with Crippen molar-refractivity contribution in [1.29, 1.82) is 0 Å². The fourth-order valence-corrected chi connectivity index (χ4v) is 4.88. The monoisotopic (exact) mass is 686 g/mol. The van der Waals surface area contributed by atoms with Crippen molar-refractivity contribution >= 4 is 41.2 Å². The number of amidine groups is 1. The number of allylic oxidation sites excluding steroid dienone is 7. The molecule has 0 spiro atoms. The van der Waals surface area contributed by atoms with Gasteiger partial charge in [0.25, 0.3) is 11.5 Å². The number of likely N-dealkylation sites (N-methyl/N-ethyl adjacent to an activating group) is 1. The van der Waals surface area contributed by atoms with Crippen molar-refractivity contribution in [3.8, 4) is 0 Å². The number of morpholine rings is 1. The lowest BCUT2D eigenvalue weighted by Crippen LogP contribution is -2.39. The Morgan fingerprint density at radius 1 is 1.28 bits per heavy atom. The summed E-state index contributed by atoms with van der Waals surface area (Å²) in [7, 11) is 3.83. The summed E-state index contributed by atoms with van der Waals surface area (Å²) in [5, 5.41) is 6.43. The highest BCUT2D eigenvalue weighted by atomic mass is 35.5. The zero-order valence-corrected chi connectivity index (χ0v) is 28.5. The zero-order chi connectivity index (χ0) is 33.9. The molecule has 2 fully saturated rings. The van der Waals surface area contributed by atoms with Gasteiger partial charge in [0, 0.05) is 57.7 Å². The summed E-state index contributed by atoms with van der Waals surface area (Å²) in [5.74, 6) is 0.568. The lowest BCUT2D eigenvalue weighted by molar-refractivity contribution is -0.136. The predicted octanol–water partition coefficient (Wildman–Crippen LogP) is 4.73. The van der Waals surface area contributed by atoms with Gasteiger partial charge in [-0.1, -0.05) is 29.3 Å². The molecule has 3 rings (SSSR count). The van der Waals surface area contributed by atoms with Crippen LogP contribution in [0.1, 0.15) is 33.1 Å². The molecule has 10 nitrogen and oxygen atoms in total. The Labute approximate surface area is 281 Å². The Bertz CT molecular complexity index is 1210. The fourth-order valence-electron chi connectivity index (χ4n) is 4.64. The maximum absolute atomic E-state index is 12.8. The highest BCUT2D eigenvalue weighted by Crippen LogP contribution is 2.18. The van der Waals surface area contributed by atoms with Gasteiger partial charge in [0.05, 0.1) is 36.6 Å². The van der Waals surface area contributed by atoms with Crippen molar-refractivity contribution in [3.63, 3.8) is 0 Å². The Morgan fingerprint density at radius 3 is 2.65 bits per heavy atom. The van der Waals surface area contributed by atoms with Crippen molar-refractivity contribution < 1.29 is 27.8 Å². The highest BCUT2D eigenvalue weighted by molar-refractivity contribution is 6.31. The molecule has 0 aromatic carbocycles. The van der Waals surface area contributed by atoms with E-state index >= 15 is 0 Å². The molecule has 0 bridgehead atoms. The molecule has 0 aliphatic carbocycles. The Hall–Kier alpha value is -3.19. The van der Waals surface area contributed by atoms with E-state index in [-0.39, 0.29) is 5.03 Å². The molecule has 1 amide bonds. The second-order valence-corrected chi connectivity index (χ2v) is 11.4. The average molecular weight is 688 g/mol. The van der Waals surface area contributed by atoms with Crippen LogP contribution in [0.2, 0.25) is 0 Å². The molecule has 3 heterocycles. The summed E-state index contributed by atoms with van der Waals surface area (Å²) in [6.45, 7) is 9.91. The van der Waals surface area contributed by atoms with E-state index in [0.717, 1.165) is 62.8 Å². The molecule has 256 valence electrons. The van der Waals surface area contributed by atoms with E-state index in [1.807, 2.05) is 57.1 Å². The van der Waals surface area contributed by atoms with Crippen LogP contribution in [0.3, 0.4) is 0 Å². The number of rotatable bonds is 11. The van der Waals surface area contributed by atoms with E-state index in [0.29, 0.717) is 50.4 Å². The number of nitrogens with one attached hydrogen (secondary N) is 2. The van der Waals surface area contributed by atoms with E-state index in [4.69, 9.17) is 32.7 Å². The van der Waals surface area contributed by atoms with Crippen molar-refractivity contribution in [1.82, 2.24) is 25.3 Å². The molecular formula is C32H46Cl2F2N6O4. The van der Waals surface area contributed by atoms with Crippen LogP contribution >= 0.6 is 23.2 Å². The number of likely N-dealkylation sites (tertiary alicyclic amines) is 1. The lowest BCUT2D eigenvalue weighted by atomic mass is 10.2. The van der Waals surface area contributed by atoms with Crippen LogP contribution in [0.4, 0.5) is 8.78 Å². The Balaban J connectivity index is 0.000000512. The topological polar surface area (TPSA) is 98.7 Å². The van der Waals surface area contributed by atoms with E-state index in [9.17, 15) is 18.4 Å². The number of halogens is 4. The molecule has 3 aliphatic heterocycles. The minimum absolute atomic E-state index is 0.00971. The molecule has 0 saturated carbocycles. The molecule has 46 heavy (non-hydrogen) atoms. The van der Waals surface area contributed by atoms with Crippen molar-refractivity contribution in [2.24, 2.45) is 4.99 Å². The summed E-state index contributed by atoms with van der Waals surface area (Å²) in [6.07, 6.45) is 14.2. The Kier molecular flexibility index (Phi) is 18.3. The number of alkyl halides is 2. The van der Waals surface area contributed by atoms with Crippen LogP contribution in [-0.4, -0.2) is 111 Å². The van der Waals surface area contributed by atoms with Gasteiger partial charge in [0.15, 0.2) is 0 Å². The molecule has 2 saturated heterocycles. The quantitative estimate of drug-likeness (QED) is 0.139. The first-order valence-electron chi connectivity index (χ1n) is 15.2. The van der Waals surface area contributed by atoms with Crippen LogP contribution < -0.4 is 10.6 Å². The minimum Gasteiger partial charge on any atom is -0.491 e. The standard InChI is InChI=1S/C25H37ClFN5O2.C7H9ClFNO2/c1-5-7-22(17-21(26)18-27)30-25-9-8-23(28-3)24(16-20(2)31(4)19-29-25)34-13-6-10-32-11-14-33-15-12-32;8-6(9)7(12)10-3-1-2-5(10)4-11/h5,7-9,16-18,28H,6,10-15,19H2,1-4H3,(H,29,30);4-6H,1-3H2/b7-5-,9-8+,20-16+,21-18-,22-17+,24-23-;/t;5-,6?/m.1/s1. The molecule has 3 aliphatic rings. The predicted molar refractivity (Wildman–Crippen MR) is 180 cm³/mol. The third kappa shape index (κ3) is 13.7. The van der Waals surface area contributed by atoms with Gasteiger partial charge in [0.1, 0.15) is 30.9 Å². The Morgan fingerprint density at radius 2 is 2.02 bits per heavy atom. The van der Waals surface area contributed by atoms with Crippen LogP contribution in [0, 0.1) is 0 Å². The van der Waals surface area contributed by atoms with Gasteiger partial charge >= 0.3 is 0 Å². The first-order valence-corrected chi connectivity index (χ1v) is 16.0. The SMILES string of the molecule is C\C=C/C(=C\C(Cl)=C\F)NC1=N/CN(C)/C(C)=C/C(OCCCN2CCOCC2)=C(NC)\C=C\1.O=C[C@H]1CCCN1C(=O)C(F)Cl. The molecule has 2 atom stereocenters. The third-order valence-electron chi connectivity index (χ3n) is 7.26. The first-order chi connectivity index (χ1) is 22.1. The second-order valence-electron chi connectivity index (χ2n) is 10.6. The maximum Gasteiger partial charge on any atom is 0.273 e. The number of ether oxygens (including phenoxy) is 2. The summed E-state index contributed by atoms with van der Waals surface area (Å²) in [5.41, 5.74) is 0.438. The zero-order valence-electron chi connectivity index (χ0n) is 27.0. The van der Waals surface area contributed by atoms with Crippen LogP contribution in [-0.2, 0) is 19.1 Å². The van der Waals surface area contributed by atoms with Gasteiger partial charge in [-0.25, -0.2) is 13.8 Å². The molecule has 2 N–H and O–H groups in total. The van der Waals surface area contributed by atoms with Gasteiger partial charge in [0.2, 0.25) is 0 Å². The van der Waals surface area contributed by atoms with Crippen LogP contribution in [0.15, 0.2) is 75.7 Å². The highest BCUT2D eigenvalue weighted by Gasteiger charge is 2.31. The summed E-state index contributed by atoms with van der Waals surface area (Å²) in [6, 6.07) is -0.477. The van der Waals surface area contributed by atoms with E-state index in [1.54, 1.807) is 6.08 Å². The average Bonchev–Trinajstić information content (AvgIpc) is 3.54. The number of aliphatic imine (C=N–C) groups is 1. The lowest BCUT2D eigenvalue weighted by Gasteiger charge is -2.26. The van der Waals surface area contributed by atoms with Crippen molar-refractivity contribution in [2.75, 3.05) is 66.8 Å². The molecule has 0 aromatic rings. The molecule has 0 aromatic heterocycles. The van der Waals surface area contributed by atoms with Crippen molar-refractivity contribution in [3.05, 3.63) is 70.7 Å². The van der Waals surface area contributed by atoms with Gasteiger partial charge in [-0.3, -0.25) is 9.69 Å². The third-order valence-corrected chi connectivity index (χ3v) is 7.64. The number of carbonyl (C=O) groups excluding carboxylic acids is 2. The number of amides is 1. The van der Waals surface area contributed by atoms with Gasteiger partial charge in [-0.2, -0.15) is 0 Å². The number of hydrogen-bond acceptors (Lipinski definition) is 9. The maximum atomic E-state index is 12.8. The fraction of sp³-hybridized carbons (Fsp3) is 0.531.